The zero-order valence-corrected chi connectivity index (χ0v) is 14.4. The number of fused-ring (bicyclic) bond motifs is 1. The first kappa shape index (κ1) is 15.9. The molecule has 4 rings (SSSR count). The number of carbonyl (C=O) groups excluding carboxylic acids is 1. The Balaban J connectivity index is 1.38. The van der Waals surface area contributed by atoms with Crippen molar-refractivity contribution in [3.05, 3.63) is 54.2 Å². The van der Waals surface area contributed by atoms with Gasteiger partial charge in [0.2, 0.25) is 5.91 Å². The van der Waals surface area contributed by atoms with Crippen LogP contribution in [0, 0.1) is 0 Å². The normalized spacial score (nSPS) is 17.9. The molecular formula is C20H24N4O. The molecule has 2 N–H and O–H groups in total. The third kappa shape index (κ3) is 3.31. The highest BCUT2D eigenvalue weighted by molar-refractivity contribution is 5.83. The maximum absolute atomic E-state index is 12.8. The van der Waals surface area contributed by atoms with E-state index in [0.717, 1.165) is 50.0 Å². The molecule has 1 fully saturated rings. The largest absolute Gasteiger partial charge is 0.361 e. The first-order valence-corrected chi connectivity index (χ1v) is 9.16. The number of aromatic nitrogens is 3. The second-order valence-corrected chi connectivity index (χ2v) is 6.79. The van der Waals surface area contributed by atoms with Gasteiger partial charge in [0.1, 0.15) is 5.82 Å². The number of para-hydroxylation sites is 1. The number of amides is 1. The van der Waals surface area contributed by atoms with Crippen LogP contribution in [-0.2, 0) is 11.2 Å². The van der Waals surface area contributed by atoms with Gasteiger partial charge in [0, 0.05) is 42.5 Å². The first-order chi connectivity index (χ1) is 12.3. The smallest absolute Gasteiger partial charge is 0.223 e. The Kier molecular flexibility index (Phi) is 4.55. The summed E-state index contributed by atoms with van der Waals surface area (Å²) < 4.78 is 0. The summed E-state index contributed by atoms with van der Waals surface area (Å²) in [4.78, 5) is 25.7. The van der Waals surface area contributed by atoms with E-state index in [-0.39, 0.29) is 11.9 Å². The number of piperidine rings is 1. The molecule has 1 amide bonds. The number of rotatable bonds is 5. The van der Waals surface area contributed by atoms with Crippen LogP contribution in [0.25, 0.3) is 10.9 Å². The molecule has 130 valence electrons. The second-order valence-electron chi connectivity index (χ2n) is 6.79. The Hall–Kier alpha value is -2.56. The van der Waals surface area contributed by atoms with Crippen LogP contribution in [0.4, 0.5) is 0 Å². The van der Waals surface area contributed by atoms with Gasteiger partial charge in [-0.25, -0.2) is 4.98 Å². The standard InChI is InChI=1S/C20H24N4O/c25-19(24-13-4-3-9-18(24)20-21-11-12-22-20)10-5-6-15-14-23-17-8-2-1-7-16(15)17/h1-2,7-8,11-12,14,18,23H,3-6,9-10,13H2,(H,21,22)/t18-/m1/s1. The van der Waals surface area contributed by atoms with E-state index in [1.165, 1.54) is 10.9 Å². The van der Waals surface area contributed by atoms with Crippen LogP contribution in [0.2, 0.25) is 0 Å². The lowest BCUT2D eigenvalue weighted by atomic mass is 10.00. The minimum absolute atomic E-state index is 0.115. The third-order valence-corrected chi connectivity index (χ3v) is 5.17. The summed E-state index contributed by atoms with van der Waals surface area (Å²) in [5.41, 5.74) is 2.46. The minimum Gasteiger partial charge on any atom is -0.361 e. The number of hydrogen-bond acceptors (Lipinski definition) is 2. The van der Waals surface area contributed by atoms with Crippen LogP contribution in [0.1, 0.15) is 49.5 Å². The van der Waals surface area contributed by atoms with E-state index in [9.17, 15) is 4.79 Å². The van der Waals surface area contributed by atoms with Crippen molar-refractivity contribution >= 4 is 16.8 Å². The zero-order valence-electron chi connectivity index (χ0n) is 14.4. The molecule has 0 unspecified atom stereocenters. The van der Waals surface area contributed by atoms with Crippen LogP contribution in [0.5, 0.6) is 0 Å². The van der Waals surface area contributed by atoms with Crippen LogP contribution in [-0.4, -0.2) is 32.3 Å². The van der Waals surface area contributed by atoms with Gasteiger partial charge in [0.15, 0.2) is 0 Å². The van der Waals surface area contributed by atoms with Crippen molar-refractivity contribution in [3.63, 3.8) is 0 Å². The highest BCUT2D eigenvalue weighted by Gasteiger charge is 2.29. The van der Waals surface area contributed by atoms with Crippen molar-refractivity contribution in [2.24, 2.45) is 0 Å². The second kappa shape index (κ2) is 7.13. The molecule has 1 aliphatic rings. The maximum atomic E-state index is 12.8. The van der Waals surface area contributed by atoms with Crippen molar-refractivity contribution in [3.8, 4) is 0 Å². The summed E-state index contributed by atoms with van der Waals surface area (Å²) in [6.07, 6.45) is 11.3. The van der Waals surface area contributed by atoms with E-state index in [0.29, 0.717) is 6.42 Å². The van der Waals surface area contributed by atoms with Crippen LogP contribution in [0.15, 0.2) is 42.9 Å². The molecule has 2 aromatic heterocycles. The monoisotopic (exact) mass is 336 g/mol. The van der Waals surface area contributed by atoms with E-state index in [2.05, 4.69) is 39.3 Å². The number of hydrogen-bond donors (Lipinski definition) is 2. The van der Waals surface area contributed by atoms with E-state index in [1.54, 1.807) is 6.20 Å². The summed E-state index contributed by atoms with van der Waals surface area (Å²) >= 11 is 0. The van der Waals surface area contributed by atoms with Gasteiger partial charge in [-0.1, -0.05) is 18.2 Å². The van der Waals surface area contributed by atoms with Crippen molar-refractivity contribution in [1.82, 2.24) is 19.9 Å². The number of nitrogens with zero attached hydrogens (tertiary/aromatic N) is 2. The van der Waals surface area contributed by atoms with Gasteiger partial charge < -0.3 is 14.9 Å². The quantitative estimate of drug-likeness (QED) is 0.740. The zero-order chi connectivity index (χ0) is 17.1. The lowest BCUT2D eigenvalue weighted by Gasteiger charge is -2.34. The molecule has 5 nitrogen and oxygen atoms in total. The number of H-pyrrole nitrogens is 2. The molecule has 0 radical (unpaired) electrons. The van der Waals surface area contributed by atoms with Crippen LogP contribution < -0.4 is 0 Å². The Bertz CT molecular complexity index is 836. The fourth-order valence-electron chi connectivity index (χ4n) is 3.89. The Labute approximate surface area is 147 Å². The number of benzene rings is 1. The van der Waals surface area contributed by atoms with Gasteiger partial charge >= 0.3 is 0 Å². The molecule has 1 atom stereocenters. The van der Waals surface area contributed by atoms with E-state index in [4.69, 9.17) is 0 Å². The van der Waals surface area contributed by atoms with E-state index < -0.39 is 0 Å². The molecule has 3 heterocycles. The van der Waals surface area contributed by atoms with Gasteiger partial charge in [0.25, 0.3) is 0 Å². The first-order valence-electron chi connectivity index (χ1n) is 9.16. The molecule has 3 aromatic rings. The number of carbonyl (C=O) groups is 1. The van der Waals surface area contributed by atoms with Gasteiger partial charge in [0.05, 0.1) is 6.04 Å². The Morgan fingerprint density at radius 1 is 1.24 bits per heavy atom. The molecule has 25 heavy (non-hydrogen) atoms. The fourth-order valence-corrected chi connectivity index (χ4v) is 3.89. The molecule has 1 aliphatic heterocycles. The minimum atomic E-state index is 0.115. The van der Waals surface area contributed by atoms with Gasteiger partial charge in [-0.2, -0.15) is 0 Å². The van der Waals surface area contributed by atoms with Crippen molar-refractivity contribution in [1.29, 1.82) is 0 Å². The molecule has 0 saturated carbocycles. The number of nitrogens with one attached hydrogen (secondary N) is 2. The summed E-state index contributed by atoms with van der Waals surface area (Å²) in [6.45, 7) is 0.845. The summed E-state index contributed by atoms with van der Waals surface area (Å²) in [7, 11) is 0. The predicted octanol–water partition coefficient (Wildman–Crippen LogP) is 3.97. The number of likely N-dealkylation sites (tertiary alicyclic amines) is 1. The molecular weight excluding hydrogens is 312 g/mol. The van der Waals surface area contributed by atoms with Crippen LogP contribution >= 0.6 is 0 Å². The average molecular weight is 336 g/mol. The topological polar surface area (TPSA) is 64.8 Å². The van der Waals surface area contributed by atoms with Crippen molar-refractivity contribution in [2.45, 2.75) is 44.6 Å². The summed E-state index contributed by atoms with van der Waals surface area (Å²) in [6, 6.07) is 8.44. The molecule has 0 spiro atoms. The van der Waals surface area contributed by atoms with Crippen molar-refractivity contribution < 1.29 is 4.79 Å². The van der Waals surface area contributed by atoms with Gasteiger partial charge in [-0.15, -0.1) is 0 Å². The fraction of sp³-hybridized carbons (Fsp3) is 0.400. The molecule has 1 aromatic carbocycles. The molecule has 5 heteroatoms. The summed E-state index contributed by atoms with van der Waals surface area (Å²) in [5, 5.41) is 1.27. The molecule has 1 saturated heterocycles. The predicted molar refractivity (Wildman–Crippen MR) is 98.1 cm³/mol. The number of aromatic amines is 2. The Morgan fingerprint density at radius 3 is 3.04 bits per heavy atom. The molecule has 0 aliphatic carbocycles. The highest BCUT2D eigenvalue weighted by Crippen LogP contribution is 2.29. The van der Waals surface area contributed by atoms with Crippen molar-refractivity contribution in [2.75, 3.05) is 6.54 Å². The number of imidazole rings is 1. The van der Waals surface area contributed by atoms with Gasteiger partial charge in [-0.3, -0.25) is 4.79 Å². The van der Waals surface area contributed by atoms with E-state index >= 15 is 0 Å². The third-order valence-electron chi connectivity index (χ3n) is 5.17. The lowest BCUT2D eigenvalue weighted by Crippen LogP contribution is -2.38. The SMILES string of the molecule is O=C(CCCc1c[nH]c2ccccc12)N1CCCC[C@@H]1c1ncc[nH]1. The van der Waals surface area contributed by atoms with Gasteiger partial charge in [-0.05, 0) is 43.7 Å². The maximum Gasteiger partial charge on any atom is 0.223 e. The lowest BCUT2D eigenvalue weighted by molar-refractivity contribution is -0.135. The average Bonchev–Trinajstić information content (AvgIpc) is 3.32. The van der Waals surface area contributed by atoms with Crippen LogP contribution in [0.3, 0.4) is 0 Å². The Morgan fingerprint density at radius 2 is 2.16 bits per heavy atom. The summed E-state index contributed by atoms with van der Waals surface area (Å²) in [5.74, 6) is 1.17. The highest BCUT2D eigenvalue weighted by atomic mass is 16.2. The molecule has 0 bridgehead atoms. The van der Waals surface area contributed by atoms with E-state index in [1.807, 2.05) is 17.2 Å². The number of aryl methyl sites for hydroxylation is 1.